The Morgan fingerprint density at radius 2 is 1.33 bits per heavy atom. The maximum Gasteiger partial charge on any atom is -0.00675 e. The predicted octanol–water partition coefficient (Wildman–Crippen LogP) is 2.11. The van der Waals surface area contributed by atoms with Gasteiger partial charge >= 0.3 is 0 Å². The number of rotatable bonds is 0. The van der Waals surface area contributed by atoms with Gasteiger partial charge in [0.2, 0.25) is 0 Å². The van der Waals surface area contributed by atoms with Gasteiger partial charge < -0.3 is 5.48 Å². The molecule has 1 fully saturated rings. The molecule has 1 heterocycles. The van der Waals surface area contributed by atoms with Gasteiger partial charge in [-0.3, -0.25) is 0 Å². The summed E-state index contributed by atoms with van der Waals surface area (Å²) in [6.45, 7) is 4.00. The molecule has 2 N–H and O–H groups in total. The smallest absolute Gasteiger partial charge is 0.00675 e. The fourth-order valence-electron chi connectivity index (χ4n) is 0.687. The average Bonchev–Trinajstić information content (AvgIpc) is 1.96. The van der Waals surface area contributed by atoms with Gasteiger partial charge in [0.1, 0.15) is 0 Å². The molecule has 58 valence electrons. The van der Waals surface area contributed by atoms with E-state index in [1.54, 1.807) is 0 Å². The first-order valence-electron chi connectivity index (χ1n) is 3.58. The summed E-state index contributed by atoms with van der Waals surface area (Å²) in [6, 6.07) is 0. The van der Waals surface area contributed by atoms with E-state index in [0.29, 0.717) is 0 Å². The van der Waals surface area contributed by atoms with Gasteiger partial charge in [-0.1, -0.05) is 20.3 Å². The zero-order valence-corrected chi connectivity index (χ0v) is 7.26. The van der Waals surface area contributed by atoms with Crippen LogP contribution in [0.3, 0.4) is 0 Å². The van der Waals surface area contributed by atoms with Crippen molar-refractivity contribution in [2.45, 2.75) is 33.1 Å². The molecule has 0 spiro atoms. The minimum atomic E-state index is 0. The lowest BCUT2D eigenvalue weighted by atomic mass is 10.3. The van der Waals surface area contributed by atoms with Crippen molar-refractivity contribution in [1.82, 2.24) is 0 Å². The third kappa shape index (κ3) is 8.31. The highest BCUT2D eigenvalue weighted by Gasteiger charge is 1.95. The van der Waals surface area contributed by atoms with Crippen molar-refractivity contribution >= 4 is 11.8 Å². The SMILES string of the molecule is C1CCSCC1.CC.O. The highest BCUT2D eigenvalue weighted by molar-refractivity contribution is 7.99. The molecule has 2 heteroatoms. The summed E-state index contributed by atoms with van der Waals surface area (Å²) in [5.74, 6) is 2.83. The van der Waals surface area contributed by atoms with Crippen LogP contribution in [0.1, 0.15) is 33.1 Å². The maximum atomic E-state index is 2.09. The van der Waals surface area contributed by atoms with Crippen LogP contribution in [0.2, 0.25) is 0 Å². The van der Waals surface area contributed by atoms with E-state index in [-0.39, 0.29) is 5.48 Å². The Bertz CT molecular complexity index is 24.4. The zero-order chi connectivity index (χ0) is 6.24. The topological polar surface area (TPSA) is 31.5 Å². The summed E-state index contributed by atoms with van der Waals surface area (Å²) >= 11 is 2.09. The molecule has 1 nitrogen and oxygen atoms in total. The van der Waals surface area contributed by atoms with Crippen LogP contribution in [0.5, 0.6) is 0 Å². The average molecular weight is 150 g/mol. The van der Waals surface area contributed by atoms with Crippen LogP contribution < -0.4 is 0 Å². The Labute approximate surface area is 62.5 Å². The molecule has 0 atom stereocenters. The monoisotopic (exact) mass is 150 g/mol. The fourth-order valence-corrected chi connectivity index (χ4v) is 1.71. The second-order valence-electron chi connectivity index (χ2n) is 1.67. The van der Waals surface area contributed by atoms with Crippen molar-refractivity contribution in [3.63, 3.8) is 0 Å². The predicted molar refractivity (Wildman–Crippen MR) is 46.1 cm³/mol. The molecule has 0 saturated carbocycles. The first kappa shape index (κ1) is 12.0. The van der Waals surface area contributed by atoms with E-state index in [9.17, 15) is 0 Å². The van der Waals surface area contributed by atoms with E-state index in [2.05, 4.69) is 11.8 Å². The summed E-state index contributed by atoms with van der Waals surface area (Å²) in [7, 11) is 0. The van der Waals surface area contributed by atoms with Crippen molar-refractivity contribution in [3.8, 4) is 0 Å². The molecular weight excluding hydrogens is 132 g/mol. The molecular formula is C7H18OS. The maximum absolute atomic E-state index is 2.09. The van der Waals surface area contributed by atoms with Crippen LogP contribution in [0.25, 0.3) is 0 Å². The van der Waals surface area contributed by atoms with Crippen molar-refractivity contribution in [3.05, 3.63) is 0 Å². The number of hydrogen-bond donors (Lipinski definition) is 0. The Balaban J connectivity index is 0. The fraction of sp³-hybridized carbons (Fsp3) is 1.00. The van der Waals surface area contributed by atoms with Gasteiger partial charge in [0.25, 0.3) is 0 Å². The van der Waals surface area contributed by atoms with Crippen molar-refractivity contribution < 1.29 is 5.48 Å². The molecule has 0 aromatic heterocycles. The van der Waals surface area contributed by atoms with Crippen molar-refractivity contribution in [2.24, 2.45) is 0 Å². The lowest BCUT2D eigenvalue weighted by Crippen LogP contribution is -1.91. The van der Waals surface area contributed by atoms with Crippen LogP contribution in [0.15, 0.2) is 0 Å². The molecule has 0 aliphatic carbocycles. The van der Waals surface area contributed by atoms with Gasteiger partial charge in [-0.05, 0) is 24.3 Å². The summed E-state index contributed by atoms with van der Waals surface area (Å²) in [5, 5.41) is 0. The van der Waals surface area contributed by atoms with Gasteiger partial charge in [-0.15, -0.1) is 0 Å². The van der Waals surface area contributed by atoms with E-state index in [1.165, 1.54) is 30.8 Å². The second-order valence-corrected chi connectivity index (χ2v) is 2.90. The largest absolute Gasteiger partial charge is 0.412 e. The molecule has 9 heavy (non-hydrogen) atoms. The molecule has 1 aliphatic rings. The molecule has 0 unspecified atom stereocenters. The van der Waals surface area contributed by atoms with E-state index in [0.717, 1.165) is 0 Å². The Kier molecular flexibility index (Phi) is 14.9. The standard InChI is InChI=1S/C5H10S.C2H6.H2O/c1-2-4-6-5-3-1;1-2;/h1-5H2;1-2H3;1H2. The minimum Gasteiger partial charge on any atom is -0.412 e. The number of thioether (sulfide) groups is 1. The van der Waals surface area contributed by atoms with Crippen LogP contribution >= 0.6 is 11.8 Å². The molecule has 1 aliphatic heterocycles. The summed E-state index contributed by atoms with van der Waals surface area (Å²) < 4.78 is 0. The molecule has 1 saturated heterocycles. The van der Waals surface area contributed by atoms with Gasteiger partial charge in [-0.25, -0.2) is 0 Å². The number of hydrogen-bond acceptors (Lipinski definition) is 1. The quantitative estimate of drug-likeness (QED) is 0.520. The van der Waals surface area contributed by atoms with Crippen LogP contribution in [0, 0.1) is 0 Å². The minimum absolute atomic E-state index is 0. The van der Waals surface area contributed by atoms with E-state index < -0.39 is 0 Å². The van der Waals surface area contributed by atoms with Crippen molar-refractivity contribution in [1.29, 1.82) is 0 Å². The van der Waals surface area contributed by atoms with Gasteiger partial charge in [0.05, 0.1) is 0 Å². The summed E-state index contributed by atoms with van der Waals surface area (Å²) in [6.07, 6.45) is 4.41. The van der Waals surface area contributed by atoms with Crippen molar-refractivity contribution in [2.75, 3.05) is 11.5 Å². The third-order valence-electron chi connectivity index (χ3n) is 1.08. The van der Waals surface area contributed by atoms with E-state index in [4.69, 9.17) is 0 Å². The van der Waals surface area contributed by atoms with E-state index >= 15 is 0 Å². The van der Waals surface area contributed by atoms with Gasteiger partial charge in [-0.2, -0.15) is 11.8 Å². The Morgan fingerprint density at radius 1 is 0.889 bits per heavy atom. The Morgan fingerprint density at radius 3 is 1.44 bits per heavy atom. The Hall–Kier alpha value is 0.310. The van der Waals surface area contributed by atoms with Crippen LogP contribution in [0.4, 0.5) is 0 Å². The molecule has 0 aromatic carbocycles. The second kappa shape index (κ2) is 11.2. The van der Waals surface area contributed by atoms with E-state index in [1.807, 2.05) is 13.8 Å². The molecule has 0 aromatic rings. The zero-order valence-electron chi connectivity index (χ0n) is 6.44. The first-order chi connectivity index (χ1) is 4.00. The molecule has 0 amide bonds. The lowest BCUT2D eigenvalue weighted by molar-refractivity contribution is 0.764. The molecule has 1 rings (SSSR count). The highest BCUT2D eigenvalue weighted by Crippen LogP contribution is 2.14. The van der Waals surface area contributed by atoms with Gasteiger partial charge in [0, 0.05) is 0 Å². The van der Waals surface area contributed by atoms with Gasteiger partial charge in [0.15, 0.2) is 0 Å². The van der Waals surface area contributed by atoms with Crippen LogP contribution in [-0.2, 0) is 0 Å². The highest BCUT2D eigenvalue weighted by atomic mass is 32.2. The van der Waals surface area contributed by atoms with Crippen LogP contribution in [-0.4, -0.2) is 17.0 Å². The normalized spacial score (nSPS) is 16.7. The summed E-state index contributed by atoms with van der Waals surface area (Å²) in [4.78, 5) is 0. The third-order valence-corrected chi connectivity index (χ3v) is 2.23. The molecule has 0 radical (unpaired) electrons. The molecule has 0 bridgehead atoms. The first-order valence-corrected chi connectivity index (χ1v) is 4.73. The summed E-state index contributed by atoms with van der Waals surface area (Å²) in [5.41, 5.74) is 0. The lowest BCUT2D eigenvalue weighted by Gasteiger charge is -2.05.